The zero-order valence-corrected chi connectivity index (χ0v) is 16.6. The Bertz CT molecular complexity index is 992. The van der Waals surface area contributed by atoms with Crippen LogP contribution in [0.1, 0.15) is 20.2 Å². The van der Waals surface area contributed by atoms with Crippen molar-refractivity contribution in [1.82, 2.24) is 14.8 Å². The number of rotatable bonds is 4. The number of fused-ring (bicyclic) bond motifs is 3. The molecule has 0 aliphatic carbocycles. The fourth-order valence-corrected chi connectivity index (χ4v) is 4.51. The molecule has 0 atom stereocenters. The van der Waals surface area contributed by atoms with Gasteiger partial charge < -0.3 is 25.7 Å². The molecular formula is C20H21N5O3S. The van der Waals surface area contributed by atoms with Gasteiger partial charge in [-0.25, -0.2) is 4.98 Å². The Kier molecular flexibility index (Phi) is 5.30. The van der Waals surface area contributed by atoms with Gasteiger partial charge in [-0.15, -0.1) is 11.3 Å². The summed E-state index contributed by atoms with van der Waals surface area (Å²) in [5.41, 5.74) is 8.60. The van der Waals surface area contributed by atoms with Gasteiger partial charge in [-0.2, -0.15) is 0 Å². The van der Waals surface area contributed by atoms with Crippen LogP contribution < -0.4 is 10.5 Å². The zero-order chi connectivity index (χ0) is 20.4. The van der Waals surface area contributed by atoms with Gasteiger partial charge >= 0.3 is 0 Å². The van der Waals surface area contributed by atoms with Crippen LogP contribution >= 0.6 is 11.3 Å². The maximum Gasteiger partial charge on any atom is 0.282 e. The number of aromatic nitrogens is 1. The third kappa shape index (κ3) is 3.61. The molecule has 1 aromatic carbocycles. The van der Waals surface area contributed by atoms with Crippen molar-refractivity contribution in [3.63, 3.8) is 0 Å². The van der Waals surface area contributed by atoms with E-state index in [2.05, 4.69) is 4.98 Å². The van der Waals surface area contributed by atoms with Gasteiger partial charge in [0, 0.05) is 61.0 Å². The van der Waals surface area contributed by atoms with E-state index in [1.165, 1.54) is 23.8 Å². The summed E-state index contributed by atoms with van der Waals surface area (Å²) in [7, 11) is 0. The molecular weight excluding hydrogens is 390 g/mol. The van der Waals surface area contributed by atoms with Crippen LogP contribution in [0.15, 0.2) is 24.4 Å². The van der Waals surface area contributed by atoms with E-state index < -0.39 is 0 Å². The lowest BCUT2D eigenvalue weighted by atomic mass is 10.0. The van der Waals surface area contributed by atoms with Gasteiger partial charge in [0.25, 0.3) is 5.91 Å². The van der Waals surface area contributed by atoms with E-state index >= 15 is 0 Å². The molecule has 29 heavy (non-hydrogen) atoms. The molecule has 0 saturated carbocycles. The summed E-state index contributed by atoms with van der Waals surface area (Å²) in [4.78, 5) is 32.9. The van der Waals surface area contributed by atoms with Crippen LogP contribution in [0.3, 0.4) is 0 Å². The summed E-state index contributed by atoms with van der Waals surface area (Å²) in [6.45, 7) is 2.61. The first-order valence-electron chi connectivity index (χ1n) is 9.33. The van der Waals surface area contributed by atoms with E-state index in [0.29, 0.717) is 55.5 Å². The van der Waals surface area contributed by atoms with Gasteiger partial charge in [-0.3, -0.25) is 9.59 Å². The number of benzene rings is 1. The molecule has 4 rings (SSSR count). The average molecular weight is 411 g/mol. The van der Waals surface area contributed by atoms with Crippen molar-refractivity contribution in [2.24, 2.45) is 5.73 Å². The highest BCUT2D eigenvalue weighted by Gasteiger charge is 2.27. The summed E-state index contributed by atoms with van der Waals surface area (Å²) in [6, 6.07) is 5.63. The van der Waals surface area contributed by atoms with Crippen molar-refractivity contribution in [3.05, 3.63) is 39.8 Å². The molecule has 0 spiro atoms. The van der Waals surface area contributed by atoms with Gasteiger partial charge in [0.1, 0.15) is 5.75 Å². The summed E-state index contributed by atoms with van der Waals surface area (Å²) in [6.07, 6.45) is 4.09. The molecule has 2 amide bonds. The number of nitrogens with zero attached hydrogens (tertiary/aromatic N) is 3. The highest BCUT2D eigenvalue weighted by molar-refractivity contribution is 7.14. The normalized spacial score (nSPS) is 16.3. The van der Waals surface area contributed by atoms with E-state index in [9.17, 15) is 9.59 Å². The first-order chi connectivity index (χ1) is 14.1. The van der Waals surface area contributed by atoms with Crippen LogP contribution in [-0.4, -0.2) is 66.1 Å². The predicted octanol–water partition coefficient (Wildman–Crippen LogP) is 1.61. The minimum atomic E-state index is -0.0927. The molecule has 0 bridgehead atoms. The topological polar surface area (TPSA) is 113 Å². The lowest BCUT2D eigenvalue weighted by Crippen LogP contribution is -2.48. The van der Waals surface area contributed by atoms with Gasteiger partial charge in [0.05, 0.1) is 12.3 Å². The lowest BCUT2D eigenvalue weighted by molar-refractivity contribution is -0.119. The third-order valence-electron chi connectivity index (χ3n) is 5.12. The molecule has 0 unspecified atom stereocenters. The maximum absolute atomic E-state index is 12.9. The molecule has 2 aliphatic heterocycles. The van der Waals surface area contributed by atoms with Crippen LogP contribution in [0.25, 0.3) is 16.8 Å². The van der Waals surface area contributed by atoms with Crippen molar-refractivity contribution >= 4 is 35.4 Å². The highest BCUT2D eigenvalue weighted by Crippen LogP contribution is 2.39. The van der Waals surface area contributed by atoms with Crippen molar-refractivity contribution in [2.45, 2.75) is 6.42 Å². The van der Waals surface area contributed by atoms with E-state index in [1.54, 1.807) is 9.80 Å². The summed E-state index contributed by atoms with van der Waals surface area (Å²) >= 11 is 1.41. The van der Waals surface area contributed by atoms with E-state index in [1.807, 2.05) is 18.2 Å². The summed E-state index contributed by atoms with van der Waals surface area (Å²) in [5, 5.41) is 7.95. The number of hydrogen-bond donors (Lipinski definition) is 2. The van der Waals surface area contributed by atoms with E-state index in [4.69, 9.17) is 15.9 Å². The second-order valence-corrected chi connectivity index (χ2v) is 7.88. The number of amides is 2. The quantitative estimate of drug-likeness (QED) is 0.586. The Morgan fingerprint density at radius 1 is 1.28 bits per heavy atom. The minimum Gasteiger partial charge on any atom is -0.492 e. The van der Waals surface area contributed by atoms with Crippen LogP contribution in [0.5, 0.6) is 5.75 Å². The van der Waals surface area contributed by atoms with Crippen LogP contribution in [-0.2, 0) is 11.2 Å². The van der Waals surface area contributed by atoms with Crippen LogP contribution in [0.2, 0.25) is 0 Å². The number of allylic oxidation sites excluding steroid dienone is 1. The number of nitrogens with one attached hydrogen (secondary N) is 1. The highest BCUT2D eigenvalue weighted by atomic mass is 32.1. The Morgan fingerprint density at radius 3 is 2.76 bits per heavy atom. The smallest absolute Gasteiger partial charge is 0.282 e. The monoisotopic (exact) mass is 411 g/mol. The fraction of sp³-hybridized carbons (Fsp3) is 0.300. The Labute approximate surface area is 172 Å². The van der Waals surface area contributed by atoms with Gasteiger partial charge in [0.15, 0.2) is 5.01 Å². The standard InChI is InChI=1S/C20H21N5O3S/c21-10-14(11-22)13-1-2-15-16(9-13)28-8-3-17-18(15)23-19(29-17)20(27)25-6-4-24(12-26)5-7-25/h1-2,9-12,21H,3-8,22H2/b14-11+,21-10?. The molecule has 1 saturated heterocycles. The van der Waals surface area contributed by atoms with Crippen molar-refractivity contribution in [1.29, 1.82) is 5.41 Å². The first-order valence-corrected chi connectivity index (χ1v) is 10.1. The molecule has 2 aromatic rings. The number of piperazine rings is 1. The number of hydrogen-bond acceptors (Lipinski definition) is 7. The van der Waals surface area contributed by atoms with E-state index in [-0.39, 0.29) is 5.91 Å². The van der Waals surface area contributed by atoms with Crippen LogP contribution in [0.4, 0.5) is 0 Å². The van der Waals surface area contributed by atoms with Crippen LogP contribution in [0, 0.1) is 5.41 Å². The second-order valence-electron chi connectivity index (χ2n) is 6.80. The molecule has 8 nitrogen and oxygen atoms in total. The largest absolute Gasteiger partial charge is 0.492 e. The second kappa shape index (κ2) is 8.04. The third-order valence-corrected chi connectivity index (χ3v) is 6.23. The Hall–Kier alpha value is -3.20. The van der Waals surface area contributed by atoms with Gasteiger partial charge in [-0.1, -0.05) is 6.07 Å². The number of thiazole rings is 1. The Balaban J connectivity index is 1.63. The molecule has 3 heterocycles. The number of nitrogens with two attached hydrogens (primary N) is 1. The number of carbonyl (C=O) groups is 2. The summed E-state index contributed by atoms with van der Waals surface area (Å²) in [5.74, 6) is 0.580. The minimum absolute atomic E-state index is 0.0927. The zero-order valence-electron chi connectivity index (χ0n) is 15.8. The summed E-state index contributed by atoms with van der Waals surface area (Å²) < 4.78 is 5.90. The van der Waals surface area contributed by atoms with Crippen molar-refractivity contribution < 1.29 is 14.3 Å². The molecule has 3 N–H and O–H groups in total. The number of ether oxygens (including phenoxy) is 1. The lowest BCUT2D eigenvalue weighted by Gasteiger charge is -2.31. The predicted molar refractivity (Wildman–Crippen MR) is 111 cm³/mol. The van der Waals surface area contributed by atoms with E-state index in [0.717, 1.165) is 28.1 Å². The molecule has 2 aliphatic rings. The molecule has 1 fully saturated rings. The molecule has 0 radical (unpaired) electrons. The van der Waals surface area contributed by atoms with Gasteiger partial charge in [0.2, 0.25) is 6.41 Å². The van der Waals surface area contributed by atoms with Gasteiger partial charge in [-0.05, 0) is 17.7 Å². The first kappa shape index (κ1) is 19.1. The molecule has 150 valence electrons. The fourth-order valence-electron chi connectivity index (χ4n) is 3.49. The molecule has 9 heteroatoms. The Morgan fingerprint density at radius 2 is 2.07 bits per heavy atom. The SMILES string of the molecule is N=C/C(=C\N)c1ccc2c(c1)OCCc1sc(C(=O)N3CCN(C=O)CC3)nc1-2. The molecule has 1 aromatic heterocycles. The maximum atomic E-state index is 12.9. The number of carbonyl (C=O) groups excluding carboxylic acids is 2. The average Bonchev–Trinajstić information content (AvgIpc) is 3.11. The van der Waals surface area contributed by atoms with Crippen molar-refractivity contribution in [3.8, 4) is 17.0 Å². The van der Waals surface area contributed by atoms with Crippen molar-refractivity contribution in [2.75, 3.05) is 32.8 Å².